The van der Waals surface area contributed by atoms with Gasteiger partial charge in [-0.05, 0) is 13.1 Å². The Labute approximate surface area is 61.2 Å². The molecular weight excluding hydrogens is 126 g/mol. The molecule has 1 aliphatic rings. The van der Waals surface area contributed by atoms with Gasteiger partial charge >= 0.3 is 0 Å². The average molecular weight is 139 g/mol. The van der Waals surface area contributed by atoms with Gasteiger partial charge in [-0.25, -0.2) is 0 Å². The summed E-state index contributed by atoms with van der Waals surface area (Å²) in [6.45, 7) is 2.95. The highest BCUT2D eigenvalue weighted by Crippen LogP contribution is 2.09. The second-order valence-electron chi connectivity index (χ2n) is 2.76. The van der Waals surface area contributed by atoms with E-state index in [9.17, 15) is 0 Å². The van der Waals surface area contributed by atoms with Gasteiger partial charge in [0.15, 0.2) is 0 Å². The molecule has 0 saturated carbocycles. The lowest BCUT2D eigenvalue weighted by molar-refractivity contribution is 0.504. The topological polar surface area (TPSA) is 41.6 Å². The summed E-state index contributed by atoms with van der Waals surface area (Å²) in [7, 11) is 2.02. The SMILES string of the molecule is CC1=CN(C)CC(=NN)C1. The molecule has 1 aliphatic heterocycles. The summed E-state index contributed by atoms with van der Waals surface area (Å²) in [4.78, 5) is 2.09. The minimum absolute atomic E-state index is 0.869. The summed E-state index contributed by atoms with van der Waals surface area (Å²) in [5.74, 6) is 5.16. The van der Waals surface area contributed by atoms with E-state index in [1.54, 1.807) is 0 Å². The van der Waals surface area contributed by atoms with Crippen molar-refractivity contribution in [3.63, 3.8) is 0 Å². The van der Waals surface area contributed by atoms with Gasteiger partial charge in [0.25, 0.3) is 0 Å². The molecule has 0 fully saturated rings. The molecule has 0 atom stereocenters. The van der Waals surface area contributed by atoms with E-state index in [1.165, 1.54) is 5.57 Å². The molecule has 0 bridgehead atoms. The molecule has 0 radical (unpaired) electrons. The average Bonchev–Trinajstić information content (AvgIpc) is 1.85. The second-order valence-corrected chi connectivity index (χ2v) is 2.76. The second kappa shape index (κ2) is 2.73. The smallest absolute Gasteiger partial charge is 0.0609 e. The van der Waals surface area contributed by atoms with Crippen LogP contribution in [0.5, 0.6) is 0 Å². The monoisotopic (exact) mass is 139 g/mol. The van der Waals surface area contributed by atoms with E-state index < -0.39 is 0 Å². The molecule has 56 valence electrons. The molecule has 0 saturated heterocycles. The predicted molar refractivity (Wildman–Crippen MR) is 42.6 cm³/mol. The number of rotatable bonds is 0. The summed E-state index contributed by atoms with van der Waals surface area (Å²) in [6.07, 6.45) is 3.05. The fraction of sp³-hybridized carbons (Fsp3) is 0.571. The summed E-state index contributed by atoms with van der Waals surface area (Å²) in [5.41, 5.74) is 2.38. The Morgan fingerprint density at radius 2 is 2.40 bits per heavy atom. The molecule has 0 aliphatic carbocycles. The number of nitrogens with two attached hydrogens (primary N) is 1. The molecule has 3 nitrogen and oxygen atoms in total. The highest BCUT2D eigenvalue weighted by atomic mass is 15.2. The molecule has 0 aromatic carbocycles. The van der Waals surface area contributed by atoms with E-state index in [-0.39, 0.29) is 0 Å². The van der Waals surface area contributed by atoms with Crippen LogP contribution in [0.15, 0.2) is 16.9 Å². The van der Waals surface area contributed by atoms with Crippen LogP contribution >= 0.6 is 0 Å². The summed E-state index contributed by atoms with van der Waals surface area (Å²) < 4.78 is 0. The van der Waals surface area contributed by atoms with Gasteiger partial charge in [-0.1, -0.05) is 5.57 Å². The Bertz CT molecular complexity index is 181. The van der Waals surface area contributed by atoms with Crippen molar-refractivity contribution < 1.29 is 0 Å². The fourth-order valence-electron chi connectivity index (χ4n) is 1.22. The number of hydrogen-bond donors (Lipinski definition) is 1. The Hall–Kier alpha value is -0.990. The van der Waals surface area contributed by atoms with Crippen LogP contribution in [-0.4, -0.2) is 24.2 Å². The van der Waals surface area contributed by atoms with Crippen LogP contribution in [0.25, 0.3) is 0 Å². The van der Waals surface area contributed by atoms with E-state index in [0.717, 1.165) is 18.7 Å². The summed E-state index contributed by atoms with van der Waals surface area (Å²) in [5, 5.41) is 3.68. The zero-order valence-corrected chi connectivity index (χ0v) is 6.46. The van der Waals surface area contributed by atoms with E-state index >= 15 is 0 Å². The van der Waals surface area contributed by atoms with Gasteiger partial charge < -0.3 is 10.7 Å². The van der Waals surface area contributed by atoms with Gasteiger partial charge in [0.05, 0.1) is 12.3 Å². The molecule has 3 heteroatoms. The van der Waals surface area contributed by atoms with Crippen LogP contribution in [0, 0.1) is 0 Å². The third kappa shape index (κ3) is 1.50. The number of nitrogens with zero attached hydrogens (tertiary/aromatic N) is 2. The van der Waals surface area contributed by atoms with E-state index in [2.05, 4.69) is 23.1 Å². The van der Waals surface area contributed by atoms with Gasteiger partial charge in [-0.15, -0.1) is 0 Å². The maximum Gasteiger partial charge on any atom is 0.0609 e. The highest BCUT2D eigenvalue weighted by molar-refractivity contribution is 5.89. The maximum absolute atomic E-state index is 5.16. The first-order valence-electron chi connectivity index (χ1n) is 3.35. The van der Waals surface area contributed by atoms with E-state index in [1.807, 2.05) is 7.05 Å². The van der Waals surface area contributed by atoms with Crippen LogP contribution in [0.3, 0.4) is 0 Å². The van der Waals surface area contributed by atoms with Crippen molar-refractivity contribution in [1.29, 1.82) is 0 Å². The van der Waals surface area contributed by atoms with Crippen LogP contribution in [0.2, 0.25) is 0 Å². The maximum atomic E-state index is 5.16. The quantitative estimate of drug-likeness (QED) is 0.393. The lowest BCUT2D eigenvalue weighted by Gasteiger charge is -2.21. The van der Waals surface area contributed by atoms with Crippen LogP contribution in [-0.2, 0) is 0 Å². The summed E-state index contributed by atoms with van der Waals surface area (Å²) in [6, 6.07) is 0. The predicted octanol–water partition coefficient (Wildman–Crippen LogP) is 0.540. The first-order valence-corrected chi connectivity index (χ1v) is 3.35. The Kier molecular flexibility index (Phi) is 1.94. The van der Waals surface area contributed by atoms with Crippen molar-refractivity contribution >= 4 is 5.71 Å². The molecule has 0 aromatic heterocycles. The summed E-state index contributed by atoms with van der Waals surface area (Å²) >= 11 is 0. The molecule has 0 aromatic rings. The van der Waals surface area contributed by atoms with Crippen molar-refractivity contribution in [1.82, 2.24) is 4.90 Å². The Balaban J connectivity index is 2.70. The van der Waals surface area contributed by atoms with Crippen molar-refractivity contribution in [3.8, 4) is 0 Å². The first-order chi connectivity index (χ1) is 4.72. The Morgan fingerprint density at radius 1 is 1.70 bits per heavy atom. The van der Waals surface area contributed by atoms with Crippen LogP contribution < -0.4 is 5.84 Å². The van der Waals surface area contributed by atoms with Gasteiger partial charge in [-0.2, -0.15) is 5.10 Å². The molecule has 0 amide bonds. The fourth-order valence-corrected chi connectivity index (χ4v) is 1.22. The number of hydrazone groups is 1. The standard InChI is InChI=1S/C7H13N3/c1-6-3-7(9-8)5-10(2)4-6/h4H,3,5,8H2,1-2H3. The normalized spacial score (nSPS) is 23.2. The number of hydrogen-bond acceptors (Lipinski definition) is 3. The van der Waals surface area contributed by atoms with Crippen molar-refractivity contribution in [2.75, 3.05) is 13.6 Å². The van der Waals surface area contributed by atoms with E-state index in [4.69, 9.17) is 5.84 Å². The van der Waals surface area contributed by atoms with Crippen molar-refractivity contribution in [2.24, 2.45) is 10.9 Å². The minimum Gasteiger partial charge on any atom is -0.375 e. The molecule has 1 heterocycles. The third-order valence-corrected chi connectivity index (χ3v) is 1.54. The van der Waals surface area contributed by atoms with Gasteiger partial charge in [0, 0.05) is 13.5 Å². The van der Waals surface area contributed by atoms with Crippen molar-refractivity contribution in [2.45, 2.75) is 13.3 Å². The van der Waals surface area contributed by atoms with Gasteiger partial charge in [-0.3, -0.25) is 0 Å². The van der Waals surface area contributed by atoms with Crippen molar-refractivity contribution in [3.05, 3.63) is 11.8 Å². The van der Waals surface area contributed by atoms with Crippen LogP contribution in [0.4, 0.5) is 0 Å². The van der Waals surface area contributed by atoms with E-state index in [0.29, 0.717) is 0 Å². The zero-order valence-electron chi connectivity index (χ0n) is 6.46. The van der Waals surface area contributed by atoms with Gasteiger partial charge in [0.1, 0.15) is 0 Å². The van der Waals surface area contributed by atoms with Gasteiger partial charge in [0.2, 0.25) is 0 Å². The molecule has 2 N–H and O–H groups in total. The van der Waals surface area contributed by atoms with Crippen LogP contribution in [0.1, 0.15) is 13.3 Å². The minimum atomic E-state index is 0.869. The molecule has 0 spiro atoms. The lowest BCUT2D eigenvalue weighted by Crippen LogP contribution is -2.26. The lowest BCUT2D eigenvalue weighted by atomic mass is 10.1. The molecule has 0 unspecified atom stereocenters. The number of allylic oxidation sites excluding steroid dienone is 1. The molecule has 1 rings (SSSR count). The Morgan fingerprint density at radius 3 is 2.90 bits per heavy atom. The molecule has 10 heavy (non-hydrogen) atoms. The molecular formula is C7H13N3. The third-order valence-electron chi connectivity index (χ3n) is 1.54. The largest absolute Gasteiger partial charge is 0.375 e. The first kappa shape index (κ1) is 7.12. The zero-order chi connectivity index (χ0) is 7.56. The highest BCUT2D eigenvalue weighted by Gasteiger charge is 2.08.